The number of carbonyl (C=O) groups is 1. The lowest BCUT2D eigenvalue weighted by atomic mass is 10.1. The summed E-state index contributed by atoms with van der Waals surface area (Å²) in [5, 5.41) is 0. The van der Waals surface area contributed by atoms with Gasteiger partial charge in [-0.1, -0.05) is 42.5 Å². The third kappa shape index (κ3) is 4.83. The molecule has 25 heavy (non-hydrogen) atoms. The Morgan fingerprint density at radius 1 is 0.920 bits per heavy atom. The Kier molecular flexibility index (Phi) is 5.71. The van der Waals surface area contributed by atoms with Crippen molar-refractivity contribution in [2.75, 3.05) is 45.2 Å². The SMILES string of the molecule is CN(C)Cc1cccc(N2CCN(C(=O)Cc3ccccc3)CC2)c1. The Morgan fingerprint density at radius 2 is 1.60 bits per heavy atom. The van der Waals surface area contributed by atoms with Crippen molar-refractivity contribution in [2.45, 2.75) is 13.0 Å². The quantitative estimate of drug-likeness (QED) is 0.839. The van der Waals surface area contributed by atoms with Crippen LogP contribution in [-0.2, 0) is 17.8 Å². The Balaban J connectivity index is 1.55. The summed E-state index contributed by atoms with van der Waals surface area (Å²) >= 11 is 0. The molecule has 1 saturated heterocycles. The number of benzene rings is 2. The first kappa shape index (κ1) is 17.5. The fraction of sp³-hybridized carbons (Fsp3) is 0.381. The van der Waals surface area contributed by atoms with E-state index in [0.717, 1.165) is 38.3 Å². The van der Waals surface area contributed by atoms with E-state index in [1.807, 2.05) is 35.2 Å². The average Bonchev–Trinajstić information content (AvgIpc) is 2.62. The summed E-state index contributed by atoms with van der Waals surface area (Å²) in [6.07, 6.45) is 0.499. The molecule has 4 nitrogen and oxygen atoms in total. The Bertz CT molecular complexity index is 691. The van der Waals surface area contributed by atoms with Gasteiger partial charge in [0.1, 0.15) is 0 Å². The van der Waals surface area contributed by atoms with E-state index in [1.165, 1.54) is 11.3 Å². The van der Waals surface area contributed by atoms with Crippen molar-refractivity contribution in [1.82, 2.24) is 9.80 Å². The minimum Gasteiger partial charge on any atom is -0.368 e. The first-order valence-corrected chi connectivity index (χ1v) is 8.92. The van der Waals surface area contributed by atoms with E-state index in [-0.39, 0.29) is 5.91 Å². The van der Waals surface area contributed by atoms with E-state index in [1.54, 1.807) is 0 Å². The van der Waals surface area contributed by atoms with Crippen molar-refractivity contribution >= 4 is 11.6 Å². The number of hydrogen-bond donors (Lipinski definition) is 0. The number of piperazine rings is 1. The first-order valence-electron chi connectivity index (χ1n) is 8.92. The smallest absolute Gasteiger partial charge is 0.227 e. The van der Waals surface area contributed by atoms with Gasteiger partial charge in [0.25, 0.3) is 0 Å². The van der Waals surface area contributed by atoms with Crippen LogP contribution in [0.1, 0.15) is 11.1 Å². The summed E-state index contributed by atoms with van der Waals surface area (Å²) in [7, 11) is 4.17. The molecule has 1 heterocycles. The molecule has 3 rings (SSSR count). The Labute approximate surface area is 150 Å². The molecule has 0 aliphatic carbocycles. The highest BCUT2D eigenvalue weighted by Gasteiger charge is 2.21. The van der Waals surface area contributed by atoms with Gasteiger partial charge in [0.15, 0.2) is 0 Å². The molecule has 2 aromatic rings. The van der Waals surface area contributed by atoms with Crippen LogP contribution in [0.5, 0.6) is 0 Å². The maximum atomic E-state index is 12.5. The fourth-order valence-electron chi connectivity index (χ4n) is 3.31. The highest BCUT2D eigenvalue weighted by atomic mass is 16.2. The van der Waals surface area contributed by atoms with Gasteiger partial charge in [-0.2, -0.15) is 0 Å². The molecule has 1 fully saturated rings. The summed E-state index contributed by atoms with van der Waals surface area (Å²) in [5.41, 5.74) is 3.67. The minimum absolute atomic E-state index is 0.229. The fourth-order valence-corrected chi connectivity index (χ4v) is 3.31. The summed E-state index contributed by atoms with van der Waals surface area (Å²) < 4.78 is 0. The molecule has 0 unspecified atom stereocenters. The number of anilines is 1. The predicted molar refractivity (Wildman–Crippen MR) is 103 cm³/mol. The normalized spacial score (nSPS) is 14.8. The molecule has 0 N–H and O–H groups in total. The molecule has 1 aliphatic rings. The largest absolute Gasteiger partial charge is 0.368 e. The third-order valence-electron chi connectivity index (χ3n) is 4.61. The molecule has 0 bridgehead atoms. The lowest BCUT2D eigenvalue weighted by Crippen LogP contribution is -2.49. The standard InChI is InChI=1S/C21H27N3O/c1-22(2)17-19-9-6-10-20(15-19)23-11-13-24(14-12-23)21(25)16-18-7-4-3-5-8-18/h3-10,15H,11-14,16-17H2,1-2H3. The van der Waals surface area contributed by atoms with Crippen LogP contribution in [0.4, 0.5) is 5.69 Å². The molecule has 1 aliphatic heterocycles. The van der Waals surface area contributed by atoms with Crippen molar-refractivity contribution in [3.05, 3.63) is 65.7 Å². The zero-order valence-corrected chi connectivity index (χ0v) is 15.2. The number of amides is 1. The summed E-state index contributed by atoms with van der Waals surface area (Å²) in [6, 6.07) is 18.7. The second kappa shape index (κ2) is 8.17. The second-order valence-electron chi connectivity index (χ2n) is 6.94. The molecule has 2 aromatic carbocycles. The van der Waals surface area contributed by atoms with Crippen molar-refractivity contribution in [2.24, 2.45) is 0 Å². The number of carbonyl (C=O) groups excluding carboxylic acids is 1. The zero-order valence-electron chi connectivity index (χ0n) is 15.2. The monoisotopic (exact) mass is 337 g/mol. The van der Waals surface area contributed by atoms with Crippen molar-refractivity contribution in [1.29, 1.82) is 0 Å². The van der Waals surface area contributed by atoms with E-state index >= 15 is 0 Å². The number of hydrogen-bond acceptors (Lipinski definition) is 3. The third-order valence-corrected chi connectivity index (χ3v) is 4.61. The van der Waals surface area contributed by atoms with E-state index in [2.05, 4.69) is 48.2 Å². The van der Waals surface area contributed by atoms with Gasteiger partial charge in [-0.15, -0.1) is 0 Å². The van der Waals surface area contributed by atoms with Crippen LogP contribution in [0.2, 0.25) is 0 Å². The van der Waals surface area contributed by atoms with Crippen LogP contribution in [0, 0.1) is 0 Å². The maximum Gasteiger partial charge on any atom is 0.227 e. The van der Waals surface area contributed by atoms with Crippen molar-refractivity contribution < 1.29 is 4.79 Å². The topological polar surface area (TPSA) is 26.8 Å². The number of rotatable bonds is 5. The molecular weight excluding hydrogens is 310 g/mol. The van der Waals surface area contributed by atoms with Gasteiger partial charge in [-0.3, -0.25) is 4.79 Å². The Hall–Kier alpha value is -2.33. The molecule has 0 aromatic heterocycles. The second-order valence-corrected chi connectivity index (χ2v) is 6.94. The van der Waals surface area contributed by atoms with Crippen molar-refractivity contribution in [3.8, 4) is 0 Å². The molecule has 132 valence electrons. The molecular formula is C21H27N3O. The van der Waals surface area contributed by atoms with E-state index in [4.69, 9.17) is 0 Å². The van der Waals surface area contributed by atoms with Crippen LogP contribution in [0.3, 0.4) is 0 Å². The minimum atomic E-state index is 0.229. The molecule has 4 heteroatoms. The molecule has 0 saturated carbocycles. The Morgan fingerprint density at radius 3 is 2.28 bits per heavy atom. The van der Waals surface area contributed by atoms with Crippen LogP contribution in [0.15, 0.2) is 54.6 Å². The van der Waals surface area contributed by atoms with Crippen molar-refractivity contribution in [3.63, 3.8) is 0 Å². The lowest BCUT2D eigenvalue weighted by Gasteiger charge is -2.36. The van der Waals surface area contributed by atoms with Gasteiger partial charge in [0, 0.05) is 38.4 Å². The van der Waals surface area contributed by atoms with Gasteiger partial charge >= 0.3 is 0 Å². The molecule has 0 radical (unpaired) electrons. The van der Waals surface area contributed by atoms with E-state index in [0.29, 0.717) is 6.42 Å². The van der Waals surface area contributed by atoms with E-state index < -0.39 is 0 Å². The van der Waals surface area contributed by atoms with Gasteiger partial charge in [-0.25, -0.2) is 0 Å². The molecule has 0 atom stereocenters. The first-order chi connectivity index (χ1) is 12.1. The van der Waals surface area contributed by atoms with Gasteiger partial charge in [0.05, 0.1) is 6.42 Å². The average molecular weight is 337 g/mol. The maximum absolute atomic E-state index is 12.5. The van der Waals surface area contributed by atoms with Crippen LogP contribution >= 0.6 is 0 Å². The molecule has 1 amide bonds. The highest BCUT2D eigenvalue weighted by molar-refractivity contribution is 5.79. The summed E-state index contributed by atoms with van der Waals surface area (Å²) in [4.78, 5) is 19.0. The van der Waals surface area contributed by atoms with Gasteiger partial charge in [0.2, 0.25) is 5.91 Å². The predicted octanol–water partition coefficient (Wildman–Crippen LogP) is 2.64. The van der Waals surface area contributed by atoms with Gasteiger partial charge < -0.3 is 14.7 Å². The zero-order chi connectivity index (χ0) is 17.6. The van der Waals surface area contributed by atoms with E-state index in [9.17, 15) is 4.79 Å². The van der Waals surface area contributed by atoms with Gasteiger partial charge in [-0.05, 0) is 37.4 Å². The van der Waals surface area contributed by atoms with Crippen LogP contribution in [0.25, 0.3) is 0 Å². The van der Waals surface area contributed by atoms with Crippen LogP contribution in [-0.4, -0.2) is 56.0 Å². The van der Waals surface area contributed by atoms with Crippen LogP contribution < -0.4 is 4.90 Å². The summed E-state index contributed by atoms with van der Waals surface area (Å²) in [6.45, 7) is 4.33. The lowest BCUT2D eigenvalue weighted by molar-refractivity contribution is -0.130. The number of nitrogens with zero attached hydrogens (tertiary/aromatic N) is 3. The summed E-state index contributed by atoms with van der Waals surface area (Å²) in [5.74, 6) is 0.229. The molecule has 0 spiro atoms. The highest BCUT2D eigenvalue weighted by Crippen LogP contribution is 2.19.